The maximum atomic E-state index is 5.91. The van der Waals surface area contributed by atoms with Crippen LogP contribution in [0.4, 0.5) is 0 Å². The fourth-order valence-corrected chi connectivity index (χ4v) is 2.32. The van der Waals surface area contributed by atoms with Crippen LogP contribution < -0.4 is 4.74 Å². The van der Waals surface area contributed by atoms with Gasteiger partial charge in [-0.15, -0.1) is 0 Å². The van der Waals surface area contributed by atoms with Gasteiger partial charge in [-0.25, -0.2) is 9.97 Å². The lowest BCUT2D eigenvalue weighted by molar-refractivity contribution is 0.466. The minimum atomic E-state index is 0.568. The van der Waals surface area contributed by atoms with Gasteiger partial charge in [0.1, 0.15) is 11.6 Å². The van der Waals surface area contributed by atoms with E-state index in [1.54, 1.807) is 0 Å². The molecule has 4 nitrogen and oxygen atoms in total. The van der Waals surface area contributed by atoms with E-state index in [9.17, 15) is 0 Å². The number of pyridine rings is 1. The fourth-order valence-electron chi connectivity index (χ4n) is 2.32. The third-order valence-corrected chi connectivity index (χ3v) is 3.65. The van der Waals surface area contributed by atoms with Crippen molar-refractivity contribution in [3.8, 4) is 11.6 Å². The summed E-state index contributed by atoms with van der Waals surface area (Å²) in [6, 6.07) is 9.67. The number of imidazole rings is 1. The molecule has 0 unspecified atom stereocenters. The molecule has 20 heavy (non-hydrogen) atoms. The van der Waals surface area contributed by atoms with E-state index in [4.69, 9.17) is 4.74 Å². The minimum absolute atomic E-state index is 0.568. The lowest BCUT2D eigenvalue weighted by Gasteiger charge is -2.09. The summed E-state index contributed by atoms with van der Waals surface area (Å²) in [5, 5.41) is 0. The van der Waals surface area contributed by atoms with Gasteiger partial charge in [-0.1, -0.05) is 18.2 Å². The third-order valence-electron chi connectivity index (χ3n) is 3.65. The Kier molecular flexibility index (Phi) is 2.93. The normalized spacial score (nSPS) is 11.0. The average Bonchev–Trinajstić information content (AvgIpc) is 2.74. The fraction of sp³-hybridized carbons (Fsp3) is 0.250. The molecule has 0 saturated heterocycles. The number of nitrogens with zero attached hydrogens (tertiary/aromatic N) is 3. The standard InChI is InChI=1S/C16H17N3O/c1-10-11(2)17-16(20-13-8-6-5-7-9-13)14-15(10)19(4)12(3)18-14/h5-9H,1-4H3. The molecule has 0 amide bonds. The van der Waals surface area contributed by atoms with Crippen LogP contribution in [-0.4, -0.2) is 14.5 Å². The van der Waals surface area contributed by atoms with Crippen molar-refractivity contribution in [1.82, 2.24) is 14.5 Å². The van der Waals surface area contributed by atoms with Gasteiger partial charge >= 0.3 is 0 Å². The van der Waals surface area contributed by atoms with Gasteiger partial charge in [0.15, 0.2) is 5.52 Å². The number of rotatable bonds is 2. The smallest absolute Gasteiger partial charge is 0.247 e. The van der Waals surface area contributed by atoms with Crippen LogP contribution in [0.1, 0.15) is 17.1 Å². The van der Waals surface area contributed by atoms with E-state index in [1.165, 1.54) is 0 Å². The maximum absolute atomic E-state index is 5.91. The van der Waals surface area contributed by atoms with E-state index in [1.807, 2.05) is 51.2 Å². The Morgan fingerprint density at radius 1 is 1.00 bits per heavy atom. The summed E-state index contributed by atoms with van der Waals surface area (Å²) in [7, 11) is 2.02. The molecular weight excluding hydrogens is 250 g/mol. The Bertz CT molecular complexity index is 776. The molecule has 0 saturated carbocycles. The SMILES string of the molecule is Cc1nc(Oc2ccccc2)c2nc(C)n(C)c2c1C. The molecule has 4 heteroatoms. The first-order valence-corrected chi connectivity index (χ1v) is 6.61. The predicted molar refractivity (Wildman–Crippen MR) is 79.2 cm³/mol. The van der Waals surface area contributed by atoms with Crippen LogP contribution in [-0.2, 0) is 7.05 Å². The Morgan fingerprint density at radius 2 is 1.70 bits per heavy atom. The van der Waals surface area contributed by atoms with E-state index in [0.29, 0.717) is 5.88 Å². The van der Waals surface area contributed by atoms with Crippen LogP contribution in [0.5, 0.6) is 11.6 Å². The zero-order valence-corrected chi connectivity index (χ0v) is 12.1. The van der Waals surface area contributed by atoms with Crippen LogP contribution in [0.2, 0.25) is 0 Å². The number of benzene rings is 1. The third kappa shape index (κ3) is 1.93. The van der Waals surface area contributed by atoms with Crippen molar-refractivity contribution >= 4 is 11.0 Å². The van der Waals surface area contributed by atoms with Gasteiger partial charge in [0.25, 0.3) is 0 Å². The van der Waals surface area contributed by atoms with Gasteiger partial charge < -0.3 is 9.30 Å². The summed E-state index contributed by atoms with van der Waals surface area (Å²) in [5.74, 6) is 2.29. The number of hydrogen-bond donors (Lipinski definition) is 0. The Hall–Kier alpha value is -2.36. The molecule has 2 heterocycles. The highest BCUT2D eigenvalue weighted by molar-refractivity contribution is 5.84. The van der Waals surface area contributed by atoms with Crippen molar-refractivity contribution in [2.24, 2.45) is 7.05 Å². The zero-order valence-electron chi connectivity index (χ0n) is 12.1. The van der Waals surface area contributed by atoms with Crippen LogP contribution in [0.15, 0.2) is 30.3 Å². The molecule has 0 aliphatic heterocycles. The Morgan fingerprint density at radius 3 is 2.40 bits per heavy atom. The zero-order chi connectivity index (χ0) is 14.3. The molecule has 102 valence electrons. The summed E-state index contributed by atoms with van der Waals surface area (Å²) in [6.45, 7) is 6.05. The number of fused-ring (bicyclic) bond motifs is 1. The predicted octanol–water partition coefficient (Wildman–Crippen LogP) is 3.69. The number of hydrogen-bond acceptors (Lipinski definition) is 3. The van der Waals surface area contributed by atoms with E-state index in [0.717, 1.165) is 33.9 Å². The first kappa shape index (κ1) is 12.7. The van der Waals surface area contributed by atoms with Crippen molar-refractivity contribution in [2.45, 2.75) is 20.8 Å². The lowest BCUT2D eigenvalue weighted by Crippen LogP contribution is -1.98. The molecule has 3 aromatic rings. The van der Waals surface area contributed by atoms with E-state index in [-0.39, 0.29) is 0 Å². The van der Waals surface area contributed by atoms with Crippen molar-refractivity contribution in [3.05, 3.63) is 47.4 Å². The monoisotopic (exact) mass is 267 g/mol. The maximum Gasteiger partial charge on any atom is 0.247 e. The molecule has 0 fully saturated rings. The van der Waals surface area contributed by atoms with Crippen LogP contribution in [0, 0.1) is 20.8 Å². The molecule has 0 aliphatic carbocycles. The first-order chi connectivity index (χ1) is 9.58. The van der Waals surface area contributed by atoms with Gasteiger partial charge in [0, 0.05) is 12.7 Å². The van der Waals surface area contributed by atoms with Gasteiger partial charge in [0.2, 0.25) is 5.88 Å². The number of aryl methyl sites for hydroxylation is 4. The highest BCUT2D eigenvalue weighted by Crippen LogP contribution is 2.31. The molecular formula is C16H17N3O. The second-order valence-corrected chi connectivity index (χ2v) is 4.96. The van der Waals surface area contributed by atoms with Crippen molar-refractivity contribution in [3.63, 3.8) is 0 Å². The van der Waals surface area contributed by atoms with Crippen molar-refractivity contribution in [1.29, 1.82) is 0 Å². The van der Waals surface area contributed by atoms with Crippen LogP contribution in [0.25, 0.3) is 11.0 Å². The van der Waals surface area contributed by atoms with E-state index in [2.05, 4.69) is 21.5 Å². The van der Waals surface area contributed by atoms with E-state index < -0.39 is 0 Å². The minimum Gasteiger partial charge on any atom is -0.437 e. The molecule has 0 atom stereocenters. The quantitative estimate of drug-likeness (QED) is 0.711. The average molecular weight is 267 g/mol. The van der Waals surface area contributed by atoms with E-state index >= 15 is 0 Å². The number of para-hydroxylation sites is 1. The number of ether oxygens (including phenoxy) is 1. The molecule has 2 aromatic heterocycles. The Balaban J connectivity index is 2.21. The Labute approximate surface area is 118 Å². The number of aromatic nitrogens is 3. The van der Waals surface area contributed by atoms with Crippen molar-refractivity contribution < 1.29 is 4.74 Å². The second-order valence-electron chi connectivity index (χ2n) is 4.96. The van der Waals surface area contributed by atoms with Crippen LogP contribution >= 0.6 is 0 Å². The molecule has 0 bridgehead atoms. The summed E-state index contributed by atoms with van der Waals surface area (Å²) in [5.41, 5.74) is 4.01. The summed E-state index contributed by atoms with van der Waals surface area (Å²) in [4.78, 5) is 9.14. The van der Waals surface area contributed by atoms with Gasteiger partial charge in [0.05, 0.1) is 5.52 Å². The first-order valence-electron chi connectivity index (χ1n) is 6.61. The summed E-state index contributed by atoms with van der Waals surface area (Å²) < 4.78 is 7.99. The lowest BCUT2D eigenvalue weighted by atomic mass is 10.2. The molecule has 0 radical (unpaired) electrons. The molecule has 0 N–H and O–H groups in total. The topological polar surface area (TPSA) is 39.9 Å². The van der Waals surface area contributed by atoms with Gasteiger partial charge in [-0.3, -0.25) is 0 Å². The largest absolute Gasteiger partial charge is 0.437 e. The molecule has 0 aliphatic rings. The summed E-state index contributed by atoms with van der Waals surface area (Å²) >= 11 is 0. The molecule has 0 spiro atoms. The van der Waals surface area contributed by atoms with Gasteiger partial charge in [-0.05, 0) is 38.5 Å². The molecule has 1 aromatic carbocycles. The van der Waals surface area contributed by atoms with Crippen molar-refractivity contribution in [2.75, 3.05) is 0 Å². The van der Waals surface area contributed by atoms with Gasteiger partial charge in [-0.2, -0.15) is 0 Å². The molecule has 3 rings (SSSR count). The highest BCUT2D eigenvalue weighted by Gasteiger charge is 2.16. The second kappa shape index (κ2) is 4.63. The highest BCUT2D eigenvalue weighted by atomic mass is 16.5. The summed E-state index contributed by atoms with van der Waals surface area (Å²) in [6.07, 6.45) is 0. The van der Waals surface area contributed by atoms with Crippen LogP contribution in [0.3, 0.4) is 0 Å².